The molecule has 3 rings (SSSR count). The molecule has 0 bridgehead atoms. The fourth-order valence-corrected chi connectivity index (χ4v) is 2.44. The third-order valence-corrected chi connectivity index (χ3v) is 3.57. The molecule has 24 heavy (non-hydrogen) atoms. The van der Waals surface area contributed by atoms with E-state index in [0.29, 0.717) is 30.7 Å². The van der Waals surface area contributed by atoms with Crippen LogP contribution in [0.4, 0.5) is 5.82 Å². The zero-order valence-corrected chi connectivity index (χ0v) is 13.6. The summed E-state index contributed by atoms with van der Waals surface area (Å²) in [6.07, 6.45) is 4.97. The first-order chi connectivity index (χ1) is 11.9. The quantitative estimate of drug-likeness (QED) is 0.744. The number of hydrogen-bond donors (Lipinski definition) is 1. The molecule has 8 heteroatoms. The van der Waals surface area contributed by atoms with E-state index < -0.39 is 0 Å². The fraction of sp³-hybridized carbons (Fsp3) is 0.438. The molecule has 0 aliphatic carbocycles. The van der Waals surface area contributed by atoms with Gasteiger partial charge in [0.15, 0.2) is 11.6 Å². The summed E-state index contributed by atoms with van der Waals surface area (Å²) in [5, 5.41) is 3.32. The molecule has 0 spiro atoms. The number of methoxy groups -OCH3 is 1. The summed E-state index contributed by atoms with van der Waals surface area (Å²) in [4.78, 5) is 15.0. The van der Waals surface area contributed by atoms with Gasteiger partial charge < -0.3 is 24.4 Å². The standard InChI is InChI=1S/C16H21N5O3/c1-22-15-13(3-2-4-19-15)23-11-12-24-16-14(18-5-6-20-16)21-9-7-17-8-10-21/h2-6,17H,7-12H2,1H3. The van der Waals surface area contributed by atoms with Crippen molar-refractivity contribution in [1.29, 1.82) is 0 Å². The number of ether oxygens (including phenoxy) is 3. The number of nitrogens with zero attached hydrogens (tertiary/aromatic N) is 4. The van der Waals surface area contributed by atoms with Crippen molar-refractivity contribution in [3.63, 3.8) is 0 Å². The molecule has 1 aliphatic rings. The monoisotopic (exact) mass is 331 g/mol. The molecule has 0 atom stereocenters. The van der Waals surface area contributed by atoms with Crippen LogP contribution in [-0.2, 0) is 0 Å². The first kappa shape index (κ1) is 16.3. The minimum Gasteiger partial charge on any atom is -0.484 e. The molecule has 1 aliphatic heterocycles. The molecule has 0 radical (unpaired) electrons. The Kier molecular flexibility index (Phi) is 5.62. The molecule has 0 aromatic carbocycles. The first-order valence-corrected chi connectivity index (χ1v) is 7.90. The first-order valence-electron chi connectivity index (χ1n) is 7.90. The molecule has 0 amide bonds. The van der Waals surface area contributed by atoms with E-state index in [4.69, 9.17) is 14.2 Å². The number of aromatic nitrogens is 3. The minimum absolute atomic E-state index is 0.357. The number of rotatable bonds is 7. The van der Waals surface area contributed by atoms with Crippen LogP contribution in [0.1, 0.15) is 0 Å². The normalized spacial score (nSPS) is 14.3. The van der Waals surface area contributed by atoms with E-state index in [2.05, 4.69) is 25.2 Å². The number of piperazine rings is 1. The number of hydrogen-bond acceptors (Lipinski definition) is 8. The van der Waals surface area contributed by atoms with Crippen LogP contribution in [0.5, 0.6) is 17.5 Å². The Labute approximate surface area is 140 Å². The molecule has 0 unspecified atom stereocenters. The Morgan fingerprint density at radius 3 is 2.58 bits per heavy atom. The van der Waals surface area contributed by atoms with Gasteiger partial charge in [0.1, 0.15) is 13.2 Å². The maximum atomic E-state index is 5.76. The minimum atomic E-state index is 0.357. The maximum absolute atomic E-state index is 5.76. The Morgan fingerprint density at radius 2 is 1.75 bits per heavy atom. The van der Waals surface area contributed by atoms with Crippen LogP contribution in [0.15, 0.2) is 30.7 Å². The molecule has 8 nitrogen and oxygen atoms in total. The van der Waals surface area contributed by atoms with Crippen molar-refractivity contribution < 1.29 is 14.2 Å². The average Bonchev–Trinajstić information content (AvgIpc) is 2.66. The summed E-state index contributed by atoms with van der Waals surface area (Å²) in [7, 11) is 1.56. The highest BCUT2D eigenvalue weighted by Crippen LogP contribution is 2.24. The number of nitrogens with one attached hydrogen (secondary N) is 1. The van der Waals surface area contributed by atoms with Crippen LogP contribution in [0, 0.1) is 0 Å². The summed E-state index contributed by atoms with van der Waals surface area (Å²) in [5.74, 6) is 2.35. The van der Waals surface area contributed by atoms with Gasteiger partial charge in [0.2, 0.25) is 0 Å². The zero-order chi connectivity index (χ0) is 16.6. The second kappa shape index (κ2) is 8.30. The van der Waals surface area contributed by atoms with Gasteiger partial charge >= 0.3 is 0 Å². The summed E-state index contributed by atoms with van der Waals surface area (Å²) in [6, 6.07) is 3.60. The van der Waals surface area contributed by atoms with Crippen molar-refractivity contribution >= 4 is 5.82 Å². The highest BCUT2D eigenvalue weighted by molar-refractivity contribution is 5.48. The van der Waals surface area contributed by atoms with E-state index in [0.717, 1.165) is 32.0 Å². The van der Waals surface area contributed by atoms with Crippen LogP contribution >= 0.6 is 0 Å². The second-order valence-electron chi connectivity index (χ2n) is 5.13. The Balaban J connectivity index is 1.55. The zero-order valence-electron chi connectivity index (χ0n) is 13.6. The molecular weight excluding hydrogens is 310 g/mol. The van der Waals surface area contributed by atoms with E-state index in [1.165, 1.54) is 0 Å². The summed E-state index contributed by atoms with van der Waals surface area (Å²) in [6.45, 7) is 4.35. The smallest absolute Gasteiger partial charge is 0.257 e. The maximum Gasteiger partial charge on any atom is 0.257 e. The fourth-order valence-electron chi connectivity index (χ4n) is 2.44. The van der Waals surface area contributed by atoms with Gasteiger partial charge in [-0.15, -0.1) is 0 Å². The van der Waals surface area contributed by atoms with Gasteiger partial charge in [-0.2, -0.15) is 0 Å². The van der Waals surface area contributed by atoms with Gasteiger partial charge in [-0.05, 0) is 12.1 Å². The van der Waals surface area contributed by atoms with E-state index in [1.807, 2.05) is 0 Å². The van der Waals surface area contributed by atoms with Gasteiger partial charge in [-0.1, -0.05) is 0 Å². The van der Waals surface area contributed by atoms with Gasteiger partial charge in [-0.3, -0.25) is 0 Å². The lowest BCUT2D eigenvalue weighted by Gasteiger charge is -2.28. The Morgan fingerprint density at radius 1 is 1.00 bits per heavy atom. The summed E-state index contributed by atoms with van der Waals surface area (Å²) < 4.78 is 16.6. The lowest BCUT2D eigenvalue weighted by atomic mass is 10.3. The third-order valence-electron chi connectivity index (χ3n) is 3.57. The van der Waals surface area contributed by atoms with Crippen LogP contribution in [-0.4, -0.2) is 61.5 Å². The van der Waals surface area contributed by atoms with Crippen molar-refractivity contribution in [3.8, 4) is 17.5 Å². The SMILES string of the molecule is COc1ncccc1OCCOc1nccnc1N1CCNCC1. The van der Waals surface area contributed by atoms with Crippen LogP contribution in [0.25, 0.3) is 0 Å². The van der Waals surface area contributed by atoms with E-state index >= 15 is 0 Å². The van der Waals surface area contributed by atoms with Crippen molar-refractivity contribution in [1.82, 2.24) is 20.3 Å². The molecule has 2 aromatic rings. The summed E-state index contributed by atoms with van der Waals surface area (Å²) in [5.41, 5.74) is 0. The number of pyridine rings is 1. The molecule has 1 N–H and O–H groups in total. The van der Waals surface area contributed by atoms with E-state index in [-0.39, 0.29) is 0 Å². The lowest BCUT2D eigenvalue weighted by molar-refractivity contribution is 0.205. The van der Waals surface area contributed by atoms with Gasteiger partial charge in [0.05, 0.1) is 7.11 Å². The largest absolute Gasteiger partial charge is 0.484 e. The highest BCUT2D eigenvalue weighted by atomic mass is 16.5. The molecule has 1 fully saturated rings. The van der Waals surface area contributed by atoms with Crippen LogP contribution in [0.2, 0.25) is 0 Å². The van der Waals surface area contributed by atoms with Crippen molar-refractivity contribution in [2.45, 2.75) is 0 Å². The van der Waals surface area contributed by atoms with E-state index in [1.54, 1.807) is 37.8 Å². The summed E-state index contributed by atoms with van der Waals surface area (Å²) >= 11 is 0. The average molecular weight is 331 g/mol. The molecule has 2 aromatic heterocycles. The van der Waals surface area contributed by atoms with Crippen molar-refractivity contribution in [3.05, 3.63) is 30.7 Å². The third kappa shape index (κ3) is 4.02. The Hall–Kier alpha value is -2.61. The van der Waals surface area contributed by atoms with Crippen molar-refractivity contribution in [2.75, 3.05) is 51.4 Å². The molecular formula is C16H21N5O3. The van der Waals surface area contributed by atoms with Crippen molar-refractivity contribution in [2.24, 2.45) is 0 Å². The molecule has 3 heterocycles. The predicted molar refractivity (Wildman–Crippen MR) is 88.9 cm³/mol. The molecule has 1 saturated heterocycles. The van der Waals surface area contributed by atoms with Crippen LogP contribution in [0.3, 0.4) is 0 Å². The topological polar surface area (TPSA) is 81.6 Å². The van der Waals surface area contributed by atoms with Gasteiger partial charge in [0, 0.05) is 44.8 Å². The van der Waals surface area contributed by atoms with Crippen LogP contribution < -0.4 is 24.4 Å². The van der Waals surface area contributed by atoms with Gasteiger partial charge in [0.25, 0.3) is 11.8 Å². The predicted octanol–water partition coefficient (Wildman–Crippen LogP) is 0.748. The molecule has 0 saturated carbocycles. The lowest BCUT2D eigenvalue weighted by Crippen LogP contribution is -2.44. The number of anilines is 1. The second-order valence-corrected chi connectivity index (χ2v) is 5.13. The highest BCUT2D eigenvalue weighted by Gasteiger charge is 2.17. The molecule has 128 valence electrons. The Bertz CT molecular complexity index is 649. The van der Waals surface area contributed by atoms with Gasteiger partial charge in [-0.25, -0.2) is 15.0 Å². The van der Waals surface area contributed by atoms with E-state index in [9.17, 15) is 0 Å².